The summed E-state index contributed by atoms with van der Waals surface area (Å²) in [5.41, 5.74) is 1.06. The van der Waals surface area contributed by atoms with E-state index in [0.29, 0.717) is 13.0 Å². The van der Waals surface area contributed by atoms with Gasteiger partial charge in [-0.1, -0.05) is 36.3 Å². The molecular weight excluding hydrogens is 268 g/mol. The van der Waals surface area contributed by atoms with Gasteiger partial charge in [-0.15, -0.1) is 0 Å². The number of hydrogen-bond acceptors (Lipinski definition) is 3. The molecule has 21 heavy (non-hydrogen) atoms. The van der Waals surface area contributed by atoms with Gasteiger partial charge in [0, 0.05) is 6.54 Å². The highest BCUT2D eigenvalue weighted by atomic mass is 16.2. The van der Waals surface area contributed by atoms with E-state index in [-0.39, 0.29) is 24.9 Å². The van der Waals surface area contributed by atoms with Crippen LogP contribution in [0.5, 0.6) is 0 Å². The normalized spacial score (nSPS) is 14.7. The summed E-state index contributed by atoms with van der Waals surface area (Å²) in [5.74, 6) is 3.63. The van der Waals surface area contributed by atoms with Crippen molar-refractivity contribution in [3.63, 3.8) is 0 Å². The first-order valence-corrected chi connectivity index (χ1v) is 6.70. The zero-order chi connectivity index (χ0) is 15.2. The molecule has 0 spiro atoms. The summed E-state index contributed by atoms with van der Waals surface area (Å²) < 4.78 is 0. The Morgan fingerprint density at radius 1 is 1.14 bits per heavy atom. The predicted octanol–water partition coefficient (Wildman–Crippen LogP) is 0.450. The van der Waals surface area contributed by atoms with Gasteiger partial charge in [-0.25, -0.2) is 0 Å². The average Bonchev–Trinajstić information content (AvgIpc) is 2.47. The number of rotatable bonds is 3. The molecular formula is C16H16N2O3. The van der Waals surface area contributed by atoms with Crippen molar-refractivity contribution in [3.8, 4) is 11.8 Å². The van der Waals surface area contributed by atoms with Crippen molar-refractivity contribution in [1.29, 1.82) is 0 Å². The minimum absolute atomic E-state index is 0.0892. The van der Waals surface area contributed by atoms with Gasteiger partial charge in [0.25, 0.3) is 5.91 Å². The van der Waals surface area contributed by atoms with Gasteiger partial charge in [0.2, 0.25) is 11.8 Å². The number of carbonyl (C=O) groups excluding carboxylic acids is 3. The molecule has 1 aromatic carbocycles. The second-order valence-electron chi connectivity index (χ2n) is 4.71. The van der Waals surface area contributed by atoms with Crippen LogP contribution < -0.4 is 0 Å². The predicted molar refractivity (Wildman–Crippen MR) is 76.9 cm³/mol. The molecule has 1 heterocycles. The standard InChI is InChI=1S/C16H16N2O3/c1-2-6-14(19)17-11-15(20)18(16(21)12-17)10-9-13-7-4-3-5-8-13/h3-5,7-8H,9-12H2,1H3. The van der Waals surface area contributed by atoms with Crippen molar-refractivity contribution in [2.45, 2.75) is 13.3 Å². The van der Waals surface area contributed by atoms with E-state index >= 15 is 0 Å². The van der Waals surface area contributed by atoms with E-state index in [1.807, 2.05) is 30.3 Å². The van der Waals surface area contributed by atoms with Crippen LogP contribution in [0.4, 0.5) is 0 Å². The highest BCUT2D eigenvalue weighted by Crippen LogP contribution is 2.08. The molecule has 1 aliphatic rings. The van der Waals surface area contributed by atoms with Gasteiger partial charge in [0.15, 0.2) is 0 Å². The largest absolute Gasteiger partial charge is 0.313 e. The quantitative estimate of drug-likeness (QED) is 0.598. The lowest BCUT2D eigenvalue weighted by Crippen LogP contribution is -2.55. The topological polar surface area (TPSA) is 57.7 Å². The fraction of sp³-hybridized carbons (Fsp3) is 0.312. The minimum atomic E-state index is -0.484. The second-order valence-corrected chi connectivity index (χ2v) is 4.71. The van der Waals surface area contributed by atoms with Gasteiger partial charge in [-0.3, -0.25) is 19.3 Å². The third-order valence-electron chi connectivity index (χ3n) is 3.24. The van der Waals surface area contributed by atoms with Crippen molar-refractivity contribution in [3.05, 3.63) is 35.9 Å². The van der Waals surface area contributed by atoms with Crippen LogP contribution in [-0.4, -0.2) is 47.2 Å². The van der Waals surface area contributed by atoms with Crippen LogP contribution in [0.15, 0.2) is 30.3 Å². The second kappa shape index (κ2) is 6.71. The van der Waals surface area contributed by atoms with Crippen molar-refractivity contribution in [1.82, 2.24) is 9.80 Å². The summed E-state index contributed by atoms with van der Waals surface area (Å²) in [6, 6.07) is 9.65. The zero-order valence-corrected chi connectivity index (χ0v) is 11.8. The molecule has 3 amide bonds. The third-order valence-corrected chi connectivity index (χ3v) is 3.24. The summed E-state index contributed by atoms with van der Waals surface area (Å²) in [5, 5.41) is 0. The van der Waals surface area contributed by atoms with Crippen LogP contribution in [0.2, 0.25) is 0 Å². The number of hydrogen-bond donors (Lipinski definition) is 0. The molecule has 0 bridgehead atoms. The van der Waals surface area contributed by atoms with E-state index in [2.05, 4.69) is 11.8 Å². The number of benzene rings is 1. The first kappa shape index (κ1) is 14.8. The summed E-state index contributed by atoms with van der Waals surface area (Å²) >= 11 is 0. The van der Waals surface area contributed by atoms with Crippen LogP contribution in [0.1, 0.15) is 12.5 Å². The Morgan fingerprint density at radius 3 is 2.33 bits per heavy atom. The summed E-state index contributed by atoms with van der Waals surface area (Å²) in [4.78, 5) is 38.0. The summed E-state index contributed by atoms with van der Waals surface area (Å²) in [6.07, 6.45) is 0.612. The smallest absolute Gasteiger partial charge is 0.299 e. The van der Waals surface area contributed by atoms with E-state index in [0.717, 1.165) is 5.56 Å². The highest BCUT2D eigenvalue weighted by Gasteiger charge is 2.32. The van der Waals surface area contributed by atoms with Gasteiger partial charge in [-0.2, -0.15) is 0 Å². The Morgan fingerprint density at radius 2 is 1.76 bits per heavy atom. The summed E-state index contributed by atoms with van der Waals surface area (Å²) in [6.45, 7) is 1.70. The Balaban J connectivity index is 1.97. The number of imide groups is 1. The lowest BCUT2D eigenvalue weighted by atomic mass is 10.1. The number of carbonyl (C=O) groups is 3. The lowest BCUT2D eigenvalue weighted by molar-refractivity contribution is -0.155. The number of amides is 3. The molecule has 1 fully saturated rings. The number of piperazine rings is 1. The van der Waals surface area contributed by atoms with Crippen molar-refractivity contribution >= 4 is 17.7 Å². The van der Waals surface area contributed by atoms with E-state index in [1.54, 1.807) is 0 Å². The van der Waals surface area contributed by atoms with E-state index in [9.17, 15) is 14.4 Å². The van der Waals surface area contributed by atoms with E-state index < -0.39 is 5.91 Å². The Bertz CT molecular complexity index is 595. The van der Waals surface area contributed by atoms with Gasteiger partial charge in [0.1, 0.15) is 13.1 Å². The van der Waals surface area contributed by atoms with Crippen LogP contribution in [0.3, 0.4) is 0 Å². The van der Waals surface area contributed by atoms with Crippen LogP contribution in [-0.2, 0) is 20.8 Å². The maximum Gasteiger partial charge on any atom is 0.299 e. The molecule has 5 heteroatoms. The van der Waals surface area contributed by atoms with E-state index in [1.165, 1.54) is 16.7 Å². The number of nitrogens with zero attached hydrogens (tertiary/aromatic N) is 2. The van der Waals surface area contributed by atoms with Crippen molar-refractivity contribution in [2.75, 3.05) is 19.6 Å². The van der Waals surface area contributed by atoms with Gasteiger partial charge in [0.05, 0.1) is 0 Å². The average molecular weight is 284 g/mol. The monoisotopic (exact) mass is 284 g/mol. The van der Waals surface area contributed by atoms with Crippen molar-refractivity contribution in [2.24, 2.45) is 0 Å². The molecule has 0 radical (unpaired) electrons. The van der Waals surface area contributed by atoms with Gasteiger partial charge < -0.3 is 4.90 Å². The molecule has 1 aliphatic heterocycles. The molecule has 0 atom stereocenters. The molecule has 0 N–H and O–H groups in total. The maximum atomic E-state index is 12.0. The minimum Gasteiger partial charge on any atom is -0.313 e. The van der Waals surface area contributed by atoms with Gasteiger partial charge in [-0.05, 0) is 24.8 Å². The first-order valence-electron chi connectivity index (χ1n) is 6.70. The first-order chi connectivity index (χ1) is 10.1. The maximum absolute atomic E-state index is 12.0. The molecule has 0 saturated carbocycles. The molecule has 1 saturated heterocycles. The summed E-state index contributed by atoms with van der Waals surface area (Å²) in [7, 11) is 0. The van der Waals surface area contributed by atoms with Crippen LogP contribution >= 0.6 is 0 Å². The fourth-order valence-electron chi connectivity index (χ4n) is 2.16. The molecule has 5 nitrogen and oxygen atoms in total. The zero-order valence-electron chi connectivity index (χ0n) is 11.8. The van der Waals surface area contributed by atoms with Crippen LogP contribution in [0, 0.1) is 11.8 Å². The molecule has 0 aliphatic carbocycles. The third kappa shape index (κ3) is 3.69. The SMILES string of the molecule is CC#CC(=O)N1CC(=O)N(CCc2ccccc2)C(=O)C1. The lowest BCUT2D eigenvalue weighted by Gasteiger charge is -2.31. The fourth-order valence-corrected chi connectivity index (χ4v) is 2.16. The molecule has 0 aromatic heterocycles. The Kier molecular flexibility index (Phi) is 4.72. The Hall–Kier alpha value is -2.61. The Labute approximate surface area is 123 Å². The van der Waals surface area contributed by atoms with E-state index in [4.69, 9.17) is 0 Å². The molecule has 1 aromatic rings. The van der Waals surface area contributed by atoms with Crippen molar-refractivity contribution < 1.29 is 14.4 Å². The van der Waals surface area contributed by atoms with Gasteiger partial charge >= 0.3 is 0 Å². The molecule has 0 unspecified atom stereocenters. The van der Waals surface area contributed by atoms with Crippen LogP contribution in [0.25, 0.3) is 0 Å². The highest BCUT2D eigenvalue weighted by molar-refractivity contribution is 6.05. The molecule has 2 rings (SSSR count). The molecule has 108 valence electrons.